The minimum absolute atomic E-state index is 0.0170. The molecule has 1 aliphatic heterocycles. The highest BCUT2D eigenvalue weighted by molar-refractivity contribution is 5.88. The SMILES string of the molecule is C=C(CC)C1C[C@@H](C)CN1C(=O)C(NC(=O)NC1(CCCc2ccccc2)CCCCC1)C(C)(C)C.C=C(N)C(=C)CC(C)CC(C)CCC.CC(C)C. The van der Waals surface area contributed by atoms with Crippen LogP contribution in [-0.4, -0.2) is 41.0 Å². The monoisotopic (exact) mass is 749 g/mol. The van der Waals surface area contributed by atoms with Crippen molar-refractivity contribution in [2.75, 3.05) is 6.54 Å². The Balaban J connectivity index is 0.000000674. The van der Waals surface area contributed by atoms with Crippen molar-refractivity contribution in [2.24, 2.45) is 34.8 Å². The van der Waals surface area contributed by atoms with Crippen LogP contribution < -0.4 is 16.4 Å². The number of nitrogens with zero attached hydrogens (tertiary/aromatic N) is 1. The van der Waals surface area contributed by atoms with E-state index < -0.39 is 11.5 Å². The van der Waals surface area contributed by atoms with Crippen molar-refractivity contribution in [2.45, 2.75) is 184 Å². The summed E-state index contributed by atoms with van der Waals surface area (Å²) in [6, 6.07) is 9.84. The summed E-state index contributed by atoms with van der Waals surface area (Å²) in [6.45, 7) is 36.3. The van der Waals surface area contributed by atoms with Gasteiger partial charge in [0, 0.05) is 17.8 Å². The lowest BCUT2D eigenvalue weighted by molar-refractivity contribution is -0.136. The molecule has 2 aliphatic rings. The highest BCUT2D eigenvalue weighted by atomic mass is 16.2. The molecule has 1 heterocycles. The average Bonchev–Trinajstić information content (AvgIpc) is 3.48. The van der Waals surface area contributed by atoms with Gasteiger partial charge in [-0.15, -0.1) is 0 Å². The summed E-state index contributed by atoms with van der Waals surface area (Å²) in [5.41, 5.74) is 9.07. The van der Waals surface area contributed by atoms with Crippen LogP contribution in [0.1, 0.15) is 165 Å². The maximum Gasteiger partial charge on any atom is 0.315 e. The number of carbonyl (C=O) groups is 2. The number of amides is 3. The van der Waals surface area contributed by atoms with E-state index in [1.807, 2.05) is 31.7 Å². The van der Waals surface area contributed by atoms with Crippen LogP contribution in [0.3, 0.4) is 0 Å². The molecule has 4 unspecified atom stereocenters. The first-order valence-electron chi connectivity index (χ1n) is 21.5. The highest BCUT2D eigenvalue weighted by Gasteiger charge is 2.43. The van der Waals surface area contributed by atoms with Crippen molar-refractivity contribution in [3.05, 3.63) is 72.5 Å². The second-order valence-electron chi connectivity index (χ2n) is 18.7. The van der Waals surface area contributed by atoms with Crippen molar-refractivity contribution in [3.63, 3.8) is 0 Å². The van der Waals surface area contributed by atoms with E-state index in [4.69, 9.17) is 5.73 Å². The van der Waals surface area contributed by atoms with Gasteiger partial charge in [-0.2, -0.15) is 0 Å². The summed E-state index contributed by atoms with van der Waals surface area (Å²) in [7, 11) is 0. The Morgan fingerprint density at radius 3 is 2.07 bits per heavy atom. The third-order valence-electron chi connectivity index (χ3n) is 10.9. The molecular formula is C48H84N4O2. The van der Waals surface area contributed by atoms with Gasteiger partial charge in [-0.3, -0.25) is 4.79 Å². The molecule has 308 valence electrons. The largest absolute Gasteiger partial charge is 0.399 e. The Hall–Kier alpha value is -3.02. The smallest absolute Gasteiger partial charge is 0.315 e. The molecule has 0 bridgehead atoms. The lowest BCUT2D eigenvalue weighted by Crippen LogP contribution is -2.61. The molecule has 0 radical (unpaired) electrons. The summed E-state index contributed by atoms with van der Waals surface area (Å²) in [4.78, 5) is 29.3. The van der Waals surface area contributed by atoms with Crippen LogP contribution in [0.5, 0.6) is 0 Å². The first kappa shape index (κ1) is 49.0. The molecule has 2 fully saturated rings. The van der Waals surface area contributed by atoms with E-state index in [0.29, 0.717) is 17.5 Å². The lowest BCUT2D eigenvalue weighted by Gasteiger charge is -2.40. The zero-order chi connectivity index (χ0) is 41.1. The van der Waals surface area contributed by atoms with Crippen LogP contribution in [0.15, 0.2) is 66.9 Å². The number of urea groups is 1. The standard InChI is InChI=1S/C31H49N3O2.C13H25N.C4H10/c1-7-24(3)26-21-23(2)22-34(26)28(35)27(30(4,5)6)32-29(36)33-31(18-12-9-13-19-31)20-14-17-25-15-10-8-11-16-25;1-6-7-10(2)8-11(3)9-12(4)13(5)14;1-4(2)3/h8,10-11,15-16,23,26-27H,3,7,9,12-14,17-22H2,1-2,4-6H3,(H2,32,33,36);10-11H,4-9,14H2,1-3H3;4H,1-3H3/t23-,26?,27?;;/m1../s1. The van der Waals surface area contributed by atoms with Gasteiger partial charge in [0.25, 0.3) is 0 Å². The second-order valence-corrected chi connectivity index (χ2v) is 18.7. The number of likely N-dealkylation sites (tertiary alicyclic amines) is 1. The van der Waals surface area contributed by atoms with Crippen molar-refractivity contribution in [3.8, 4) is 0 Å². The Morgan fingerprint density at radius 2 is 1.56 bits per heavy atom. The Bertz CT molecular complexity index is 1270. The molecule has 6 heteroatoms. The predicted molar refractivity (Wildman–Crippen MR) is 234 cm³/mol. The summed E-state index contributed by atoms with van der Waals surface area (Å²) in [5, 5.41) is 6.52. The Kier molecular flexibility index (Phi) is 22.2. The van der Waals surface area contributed by atoms with Gasteiger partial charge in [0.05, 0.1) is 6.04 Å². The van der Waals surface area contributed by atoms with Crippen molar-refractivity contribution < 1.29 is 9.59 Å². The fourth-order valence-corrected chi connectivity index (χ4v) is 8.01. The number of benzene rings is 1. The van der Waals surface area contributed by atoms with Crippen LogP contribution in [0.25, 0.3) is 0 Å². The molecule has 0 spiro atoms. The van der Waals surface area contributed by atoms with Crippen LogP contribution in [0, 0.1) is 29.1 Å². The third kappa shape index (κ3) is 18.5. The molecule has 5 atom stereocenters. The third-order valence-corrected chi connectivity index (χ3v) is 10.9. The highest BCUT2D eigenvalue weighted by Crippen LogP contribution is 2.34. The number of allylic oxidation sites excluding steroid dienone is 1. The molecule has 1 saturated carbocycles. The molecule has 3 rings (SSSR count). The summed E-state index contributed by atoms with van der Waals surface area (Å²) < 4.78 is 0. The van der Waals surface area contributed by atoms with E-state index in [9.17, 15) is 9.59 Å². The topological polar surface area (TPSA) is 87.5 Å². The Morgan fingerprint density at radius 1 is 0.963 bits per heavy atom. The van der Waals surface area contributed by atoms with Gasteiger partial charge in [0.15, 0.2) is 0 Å². The van der Waals surface area contributed by atoms with Crippen LogP contribution in [0.2, 0.25) is 0 Å². The van der Waals surface area contributed by atoms with Gasteiger partial charge in [-0.05, 0) is 98.0 Å². The van der Waals surface area contributed by atoms with Crippen molar-refractivity contribution >= 4 is 11.9 Å². The number of hydrogen-bond donors (Lipinski definition) is 3. The van der Waals surface area contributed by atoms with Crippen LogP contribution in [-0.2, 0) is 11.2 Å². The van der Waals surface area contributed by atoms with Gasteiger partial charge < -0.3 is 21.3 Å². The van der Waals surface area contributed by atoms with E-state index in [1.165, 1.54) is 31.2 Å². The molecule has 1 aromatic carbocycles. The number of nitrogens with one attached hydrogen (secondary N) is 2. The normalized spacial score (nSPS) is 19.6. The van der Waals surface area contributed by atoms with Gasteiger partial charge in [-0.1, -0.05) is 164 Å². The maximum absolute atomic E-state index is 13.8. The van der Waals surface area contributed by atoms with E-state index in [0.717, 1.165) is 93.7 Å². The molecular weight excluding hydrogens is 665 g/mol. The molecule has 6 nitrogen and oxygen atoms in total. The molecule has 4 N–H and O–H groups in total. The molecule has 1 saturated heterocycles. The first-order valence-corrected chi connectivity index (χ1v) is 21.5. The predicted octanol–water partition coefficient (Wildman–Crippen LogP) is 12.2. The van der Waals surface area contributed by atoms with Crippen molar-refractivity contribution in [1.29, 1.82) is 0 Å². The second kappa shape index (κ2) is 24.5. The molecule has 3 amide bonds. The number of hydrogen-bond acceptors (Lipinski definition) is 3. The quantitative estimate of drug-likeness (QED) is 0.116. The van der Waals surface area contributed by atoms with Crippen molar-refractivity contribution in [1.82, 2.24) is 15.5 Å². The van der Waals surface area contributed by atoms with E-state index in [2.05, 4.69) is 110 Å². The molecule has 54 heavy (non-hydrogen) atoms. The summed E-state index contributed by atoms with van der Waals surface area (Å²) >= 11 is 0. The molecule has 0 aromatic heterocycles. The summed E-state index contributed by atoms with van der Waals surface area (Å²) in [5.74, 6) is 2.77. The van der Waals surface area contributed by atoms with Gasteiger partial charge in [0.1, 0.15) is 6.04 Å². The maximum atomic E-state index is 13.8. The molecule has 1 aliphatic carbocycles. The number of aryl methyl sites for hydroxylation is 1. The fraction of sp³-hybridized carbons (Fsp3) is 0.708. The van der Waals surface area contributed by atoms with Gasteiger partial charge in [-0.25, -0.2) is 4.79 Å². The van der Waals surface area contributed by atoms with E-state index in [-0.39, 0.29) is 23.5 Å². The minimum Gasteiger partial charge on any atom is -0.399 e. The fourth-order valence-electron chi connectivity index (χ4n) is 8.01. The number of nitrogens with two attached hydrogens (primary N) is 1. The van der Waals surface area contributed by atoms with Crippen LogP contribution in [0.4, 0.5) is 4.79 Å². The van der Waals surface area contributed by atoms with Crippen LogP contribution >= 0.6 is 0 Å². The Labute approximate surface area is 333 Å². The average molecular weight is 749 g/mol. The molecule has 1 aromatic rings. The number of carbonyl (C=O) groups excluding carboxylic acids is 2. The van der Waals surface area contributed by atoms with Gasteiger partial charge in [0.2, 0.25) is 5.91 Å². The van der Waals surface area contributed by atoms with E-state index >= 15 is 0 Å². The number of rotatable bonds is 16. The van der Waals surface area contributed by atoms with Gasteiger partial charge >= 0.3 is 6.03 Å². The summed E-state index contributed by atoms with van der Waals surface area (Å²) in [6.07, 6.45) is 15.2. The zero-order valence-electron chi connectivity index (χ0n) is 36.9. The lowest BCUT2D eigenvalue weighted by atomic mass is 9.78. The van der Waals surface area contributed by atoms with E-state index in [1.54, 1.807) is 0 Å². The minimum atomic E-state index is -0.583. The first-order chi connectivity index (χ1) is 25.2. The zero-order valence-corrected chi connectivity index (χ0v) is 36.9.